The van der Waals surface area contributed by atoms with Gasteiger partial charge in [-0.05, 0) is 6.42 Å². The normalized spacial score (nSPS) is 31.1. The molecule has 0 aromatic rings. The molecule has 0 N–H and O–H groups in total. The molecule has 4 heteroatoms. The van der Waals surface area contributed by atoms with Gasteiger partial charge in [-0.3, -0.25) is 4.79 Å². The van der Waals surface area contributed by atoms with Crippen LogP contribution in [-0.4, -0.2) is 16.9 Å². The van der Waals surface area contributed by atoms with E-state index in [4.69, 9.17) is 27.9 Å². The Morgan fingerprint density at radius 3 is 2.73 bits per heavy atom. The van der Waals surface area contributed by atoms with Gasteiger partial charge in [-0.25, -0.2) is 0 Å². The maximum Gasteiger partial charge on any atom is 0.309 e. The van der Waals surface area contributed by atoms with Crippen molar-refractivity contribution in [3.63, 3.8) is 0 Å². The lowest BCUT2D eigenvalue weighted by molar-refractivity contribution is -0.144. The Bertz CT molecular complexity index is 159. The number of esters is 1. The molecule has 2 nitrogen and oxygen atoms in total. The maximum atomic E-state index is 10.9. The summed E-state index contributed by atoms with van der Waals surface area (Å²) in [5, 5.41) is 0. The summed E-state index contributed by atoms with van der Waals surface area (Å²) in [4.78, 5) is 10.4. The van der Waals surface area contributed by atoms with Gasteiger partial charge in [0, 0.05) is 6.42 Å². The van der Waals surface area contributed by atoms with E-state index in [-0.39, 0.29) is 18.0 Å². The van der Waals surface area contributed by atoms with Crippen LogP contribution in [-0.2, 0) is 9.53 Å². The second kappa shape index (κ2) is 3.63. The number of cyclic esters (lactones) is 1. The minimum atomic E-state index is -0.432. The van der Waals surface area contributed by atoms with E-state index in [9.17, 15) is 4.79 Å². The lowest BCUT2D eigenvalue weighted by atomic mass is 10.1. The third-order valence-corrected chi connectivity index (χ3v) is 2.10. The van der Waals surface area contributed by atoms with Gasteiger partial charge >= 0.3 is 5.97 Å². The summed E-state index contributed by atoms with van der Waals surface area (Å²) in [7, 11) is 0. The van der Waals surface area contributed by atoms with Gasteiger partial charge in [0.15, 0.2) is 0 Å². The van der Waals surface area contributed by atoms with Crippen LogP contribution in [0.1, 0.15) is 19.8 Å². The van der Waals surface area contributed by atoms with E-state index in [0.717, 1.165) is 6.42 Å². The molecule has 0 amide bonds. The van der Waals surface area contributed by atoms with Crippen molar-refractivity contribution in [2.75, 3.05) is 0 Å². The van der Waals surface area contributed by atoms with Crippen LogP contribution in [0.4, 0.5) is 0 Å². The summed E-state index contributed by atoms with van der Waals surface area (Å²) in [6.45, 7) is 1.85. The minimum Gasteiger partial charge on any atom is -0.462 e. The SMILES string of the molecule is C[C@H]1C[C@H](CC(Cl)Cl)OC1=O. The van der Waals surface area contributed by atoms with Gasteiger partial charge in [-0.1, -0.05) is 6.92 Å². The summed E-state index contributed by atoms with van der Waals surface area (Å²) >= 11 is 11.1. The molecule has 11 heavy (non-hydrogen) atoms. The number of halogens is 2. The van der Waals surface area contributed by atoms with Crippen LogP contribution in [0.5, 0.6) is 0 Å². The maximum absolute atomic E-state index is 10.9. The Labute approximate surface area is 75.8 Å². The van der Waals surface area contributed by atoms with Gasteiger partial charge in [0.25, 0.3) is 0 Å². The number of ether oxygens (including phenoxy) is 1. The second-order valence-electron chi connectivity index (χ2n) is 2.82. The first-order valence-electron chi connectivity index (χ1n) is 3.58. The molecule has 1 heterocycles. The fourth-order valence-electron chi connectivity index (χ4n) is 1.16. The zero-order chi connectivity index (χ0) is 8.43. The number of rotatable bonds is 2. The van der Waals surface area contributed by atoms with E-state index >= 15 is 0 Å². The highest BCUT2D eigenvalue weighted by molar-refractivity contribution is 6.44. The number of alkyl halides is 2. The standard InChI is InChI=1S/C7H10Cl2O2/c1-4-2-5(3-6(8)9)11-7(4)10/h4-6H,2-3H2,1H3/t4-,5+/m0/s1. The van der Waals surface area contributed by atoms with Crippen LogP contribution in [0.3, 0.4) is 0 Å². The van der Waals surface area contributed by atoms with Crippen LogP contribution < -0.4 is 0 Å². The second-order valence-corrected chi connectivity index (χ2v) is 4.10. The predicted octanol–water partition coefficient (Wildman–Crippen LogP) is 2.13. The van der Waals surface area contributed by atoms with Crippen molar-refractivity contribution in [2.24, 2.45) is 5.92 Å². The third kappa shape index (κ3) is 2.53. The summed E-state index contributed by atoms with van der Waals surface area (Å²) in [6.07, 6.45) is 1.21. The van der Waals surface area contributed by atoms with Crippen molar-refractivity contribution in [3.8, 4) is 0 Å². The smallest absolute Gasteiger partial charge is 0.309 e. The van der Waals surface area contributed by atoms with Gasteiger partial charge in [0.1, 0.15) is 10.9 Å². The largest absolute Gasteiger partial charge is 0.462 e. The molecule has 1 saturated heterocycles. The van der Waals surface area contributed by atoms with Crippen molar-refractivity contribution >= 4 is 29.2 Å². The van der Waals surface area contributed by atoms with E-state index in [1.807, 2.05) is 6.92 Å². The van der Waals surface area contributed by atoms with E-state index in [1.54, 1.807) is 0 Å². The molecule has 0 radical (unpaired) electrons. The average Bonchev–Trinajstić information content (AvgIpc) is 2.10. The predicted molar refractivity (Wildman–Crippen MR) is 43.8 cm³/mol. The first-order valence-corrected chi connectivity index (χ1v) is 4.45. The molecule has 2 atom stereocenters. The summed E-state index contributed by atoms with van der Waals surface area (Å²) in [5.41, 5.74) is 0. The van der Waals surface area contributed by atoms with Gasteiger partial charge in [-0.15, -0.1) is 23.2 Å². The van der Waals surface area contributed by atoms with Crippen molar-refractivity contribution in [2.45, 2.75) is 30.7 Å². The molecule has 1 aliphatic heterocycles. The number of hydrogen-bond acceptors (Lipinski definition) is 2. The molecule has 0 unspecified atom stereocenters. The third-order valence-electron chi connectivity index (χ3n) is 1.74. The molecule has 0 spiro atoms. The van der Waals surface area contributed by atoms with Crippen LogP contribution in [0, 0.1) is 5.92 Å². The Balaban J connectivity index is 2.35. The topological polar surface area (TPSA) is 26.3 Å². The molecule has 0 aliphatic carbocycles. The molecule has 0 bridgehead atoms. The first-order chi connectivity index (χ1) is 5.09. The van der Waals surface area contributed by atoms with E-state index in [1.165, 1.54) is 0 Å². The van der Waals surface area contributed by atoms with E-state index in [0.29, 0.717) is 6.42 Å². The average molecular weight is 197 g/mol. The van der Waals surface area contributed by atoms with Crippen LogP contribution in [0.25, 0.3) is 0 Å². The zero-order valence-corrected chi connectivity index (χ0v) is 7.73. The zero-order valence-electron chi connectivity index (χ0n) is 6.22. The minimum absolute atomic E-state index is 0.00656. The number of carbonyl (C=O) groups is 1. The fourth-order valence-corrected chi connectivity index (χ4v) is 1.56. The summed E-state index contributed by atoms with van der Waals surface area (Å²) in [5.74, 6) is -0.129. The number of carbonyl (C=O) groups excluding carboxylic acids is 1. The Hall–Kier alpha value is 0.0500. The Kier molecular flexibility index (Phi) is 3.02. The molecular weight excluding hydrogens is 187 g/mol. The first kappa shape index (κ1) is 9.14. The fraction of sp³-hybridized carbons (Fsp3) is 0.857. The lowest BCUT2D eigenvalue weighted by Gasteiger charge is -2.07. The quantitative estimate of drug-likeness (QED) is 0.500. The molecule has 0 aromatic heterocycles. The van der Waals surface area contributed by atoms with Crippen molar-refractivity contribution in [1.82, 2.24) is 0 Å². The summed E-state index contributed by atoms with van der Waals surface area (Å²) < 4.78 is 4.98. The monoisotopic (exact) mass is 196 g/mol. The van der Waals surface area contributed by atoms with Crippen molar-refractivity contribution in [3.05, 3.63) is 0 Å². The lowest BCUT2D eigenvalue weighted by Crippen LogP contribution is -2.09. The van der Waals surface area contributed by atoms with E-state index < -0.39 is 4.84 Å². The highest BCUT2D eigenvalue weighted by Crippen LogP contribution is 2.25. The van der Waals surface area contributed by atoms with Crippen molar-refractivity contribution in [1.29, 1.82) is 0 Å². The Morgan fingerprint density at radius 2 is 2.36 bits per heavy atom. The van der Waals surface area contributed by atoms with Gasteiger partial charge in [-0.2, -0.15) is 0 Å². The molecule has 1 rings (SSSR count). The molecule has 0 aromatic carbocycles. The van der Waals surface area contributed by atoms with Crippen LogP contribution >= 0.6 is 23.2 Å². The van der Waals surface area contributed by atoms with Crippen molar-refractivity contribution < 1.29 is 9.53 Å². The highest BCUT2D eigenvalue weighted by Gasteiger charge is 2.31. The highest BCUT2D eigenvalue weighted by atomic mass is 35.5. The van der Waals surface area contributed by atoms with Crippen LogP contribution in [0.2, 0.25) is 0 Å². The molecular formula is C7H10Cl2O2. The molecule has 1 fully saturated rings. The van der Waals surface area contributed by atoms with Gasteiger partial charge in [0.05, 0.1) is 5.92 Å². The number of hydrogen-bond donors (Lipinski definition) is 0. The molecule has 0 saturated carbocycles. The summed E-state index contributed by atoms with van der Waals surface area (Å²) in [6, 6.07) is 0. The molecule has 64 valence electrons. The van der Waals surface area contributed by atoms with E-state index in [2.05, 4.69) is 0 Å². The Morgan fingerprint density at radius 1 is 1.73 bits per heavy atom. The van der Waals surface area contributed by atoms with Gasteiger partial charge < -0.3 is 4.74 Å². The van der Waals surface area contributed by atoms with Gasteiger partial charge in [0.2, 0.25) is 0 Å². The molecule has 1 aliphatic rings. The van der Waals surface area contributed by atoms with Crippen LogP contribution in [0.15, 0.2) is 0 Å².